The van der Waals surface area contributed by atoms with Gasteiger partial charge in [0.2, 0.25) is 5.91 Å². The van der Waals surface area contributed by atoms with Crippen molar-refractivity contribution in [2.24, 2.45) is 0 Å². The first kappa shape index (κ1) is 24.5. The molecule has 8 heteroatoms. The number of thioether (sulfide) groups is 1. The maximum atomic E-state index is 13.5. The molecule has 1 aliphatic heterocycles. The van der Waals surface area contributed by atoms with Gasteiger partial charge in [0.15, 0.2) is 0 Å². The lowest BCUT2D eigenvalue weighted by atomic mass is 9.96. The summed E-state index contributed by atoms with van der Waals surface area (Å²) in [6, 6.07) is 27.6. The molecule has 0 bridgehead atoms. The molecule has 0 spiro atoms. The van der Waals surface area contributed by atoms with E-state index in [-0.39, 0.29) is 29.3 Å². The number of aryl methyl sites for hydroxylation is 1. The van der Waals surface area contributed by atoms with Crippen LogP contribution in [0.4, 0.5) is 17.2 Å². The lowest BCUT2D eigenvalue weighted by molar-refractivity contribution is -0.117. The number of aromatic nitrogens is 1. The molecule has 3 aromatic carbocycles. The van der Waals surface area contributed by atoms with Crippen molar-refractivity contribution in [3.8, 4) is 23.3 Å². The van der Waals surface area contributed by atoms with Crippen molar-refractivity contribution in [2.45, 2.75) is 28.2 Å². The minimum absolute atomic E-state index is 0.0495. The second-order valence-corrected chi connectivity index (χ2v) is 10.5. The summed E-state index contributed by atoms with van der Waals surface area (Å²) in [4.78, 5) is 21.7. The highest BCUT2D eigenvalue weighted by atomic mass is 32.2. The lowest BCUT2D eigenvalue weighted by Gasteiger charge is -2.31. The predicted molar refractivity (Wildman–Crippen MR) is 148 cm³/mol. The number of carbonyl (C=O) groups is 1. The number of fused-ring (bicyclic) bond motifs is 2. The molecular weight excluding hydrogens is 498 g/mol. The van der Waals surface area contributed by atoms with E-state index in [2.05, 4.69) is 17.1 Å². The zero-order valence-electron chi connectivity index (χ0n) is 19.9. The largest absolute Gasteiger partial charge is 0.383 e. The summed E-state index contributed by atoms with van der Waals surface area (Å²) in [5, 5.41) is 20.2. The molecule has 1 amide bonds. The fourth-order valence-electron chi connectivity index (χ4n) is 4.23. The Morgan fingerprint density at radius 2 is 1.54 bits per heavy atom. The van der Waals surface area contributed by atoms with Crippen molar-refractivity contribution < 1.29 is 4.79 Å². The quantitative estimate of drug-likeness (QED) is 0.293. The number of para-hydroxylation sites is 2. The van der Waals surface area contributed by atoms with Crippen LogP contribution in [0, 0.1) is 29.6 Å². The number of carbonyl (C=O) groups excluding carboxylic acids is 1. The number of anilines is 3. The van der Waals surface area contributed by atoms with E-state index in [0.717, 1.165) is 32.3 Å². The first-order valence-electron chi connectivity index (χ1n) is 11.5. The molecule has 0 fully saturated rings. The molecule has 1 aliphatic rings. The van der Waals surface area contributed by atoms with Crippen LogP contribution in [-0.4, -0.2) is 16.6 Å². The molecule has 0 unspecified atom stereocenters. The van der Waals surface area contributed by atoms with Crippen molar-refractivity contribution in [3.05, 3.63) is 89.5 Å². The molecule has 37 heavy (non-hydrogen) atoms. The third-order valence-corrected chi connectivity index (χ3v) is 8.10. The average Bonchev–Trinajstić information content (AvgIpc) is 2.91. The first-order valence-corrected chi connectivity index (χ1v) is 13.3. The van der Waals surface area contributed by atoms with E-state index in [1.54, 1.807) is 16.7 Å². The van der Waals surface area contributed by atoms with Gasteiger partial charge in [-0.15, -0.1) is 11.8 Å². The number of nitriles is 2. The molecule has 180 valence electrons. The number of hydrogen-bond acceptors (Lipinski definition) is 7. The van der Waals surface area contributed by atoms with Crippen molar-refractivity contribution in [2.75, 3.05) is 16.4 Å². The number of rotatable bonds is 5. The van der Waals surface area contributed by atoms with Gasteiger partial charge in [0.25, 0.3) is 0 Å². The molecule has 2 N–H and O–H groups in total. The van der Waals surface area contributed by atoms with E-state index in [4.69, 9.17) is 5.73 Å². The number of amides is 1. The number of hydrogen-bond donors (Lipinski definition) is 1. The average molecular weight is 520 g/mol. The fraction of sp³-hybridized carbons (Fsp3) is 0.103. The third-order valence-electron chi connectivity index (χ3n) is 5.99. The van der Waals surface area contributed by atoms with Gasteiger partial charge in [-0.1, -0.05) is 65.9 Å². The maximum absolute atomic E-state index is 13.5. The van der Waals surface area contributed by atoms with Crippen LogP contribution in [0.2, 0.25) is 0 Å². The Balaban J connectivity index is 1.43. The molecule has 5 rings (SSSR count). The molecule has 0 saturated carbocycles. The summed E-state index contributed by atoms with van der Waals surface area (Å²) in [6.45, 7) is 1.97. The smallest absolute Gasteiger partial charge is 0.232 e. The third kappa shape index (κ3) is 4.65. The van der Waals surface area contributed by atoms with Crippen LogP contribution in [0.3, 0.4) is 0 Å². The van der Waals surface area contributed by atoms with E-state index in [9.17, 15) is 15.3 Å². The van der Waals surface area contributed by atoms with E-state index in [0.29, 0.717) is 16.3 Å². The summed E-state index contributed by atoms with van der Waals surface area (Å²) >= 11 is 2.95. The van der Waals surface area contributed by atoms with Crippen LogP contribution in [0.1, 0.15) is 23.1 Å². The molecule has 1 aromatic heterocycles. The molecule has 0 radical (unpaired) electrons. The van der Waals surface area contributed by atoms with E-state index in [1.165, 1.54) is 11.8 Å². The first-order chi connectivity index (χ1) is 18.0. The van der Waals surface area contributed by atoms with Crippen LogP contribution < -0.4 is 10.6 Å². The van der Waals surface area contributed by atoms with Crippen molar-refractivity contribution in [1.29, 1.82) is 10.5 Å². The number of pyridine rings is 1. The maximum Gasteiger partial charge on any atom is 0.232 e. The minimum atomic E-state index is -0.0495. The Morgan fingerprint density at radius 1 is 0.946 bits per heavy atom. The van der Waals surface area contributed by atoms with Crippen LogP contribution in [0.25, 0.3) is 11.1 Å². The Bertz CT molecular complexity index is 1560. The predicted octanol–water partition coefficient (Wildman–Crippen LogP) is 6.69. The Morgan fingerprint density at radius 3 is 2.14 bits per heavy atom. The zero-order valence-corrected chi connectivity index (χ0v) is 21.6. The molecule has 0 saturated heterocycles. The highest BCUT2D eigenvalue weighted by Crippen LogP contribution is 2.48. The summed E-state index contributed by atoms with van der Waals surface area (Å²) in [5.41, 5.74) is 10.6. The number of nitrogen functional groups attached to an aromatic ring is 1. The Labute approximate surface area is 223 Å². The van der Waals surface area contributed by atoms with Gasteiger partial charge in [-0.2, -0.15) is 10.5 Å². The summed E-state index contributed by atoms with van der Waals surface area (Å²) in [5.74, 6) is 0.418. The SMILES string of the molecule is Cc1ccc(-c2c(C#N)c(N)nc(SCCC(=O)N3c4ccccc4Sc4ccccc43)c2C#N)cc1. The highest BCUT2D eigenvalue weighted by Gasteiger charge is 2.28. The molecular formula is C29H21N5OS2. The van der Waals surface area contributed by atoms with Gasteiger partial charge in [-0.3, -0.25) is 9.69 Å². The van der Waals surface area contributed by atoms with Crippen molar-refractivity contribution in [1.82, 2.24) is 4.98 Å². The van der Waals surface area contributed by atoms with Crippen LogP contribution in [0.5, 0.6) is 0 Å². The monoisotopic (exact) mass is 519 g/mol. The summed E-state index contributed by atoms with van der Waals surface area (Å²) in [6.07, 6.45) is 0.227. The summed E-state index contributed by atoms with van der Waals surface area (Å²) < 4.78 is 0. The molecule has 6 nitrogen and oxygen atoms in total. The van der Waals surface area contributed by atoms with E-state index >= 15 is 0 Å². The second kappa shape index (κ2) is 10.4. The standard InChI is InChI=1S/C29H21N5OS2/c1-18-10-12-19(13-11-18)27-20(16-30)28(32)33-29(21(27)17-31)36-15-14-26(35)34-22-6-2-4-8-24(22)37-25-9-5-3-7-23(25)34/h2-13H,14-15H2,1H3,(H2,32,33). The molecule has 0 aliphatic carbocycles. The van der Waals surface area contributed by atoms with Gasteiger partial charge in [-0.25, -0.2) is 4.98 Å². The van der Waals surface area contributed by atoms with E-state index < -0.39 is 0 Å². The lowest BCUT2D eigenvalue weighted by Crippen LogP contribution is -2.28. The van der Waals surface area contributed by atoms with Gasteiger partial charge in [0.1, 0.15) is 28.5 Å². The second-order valence-electron chi connectivity index (χ2n) is 8.38. The molecule has 2 heterocycles. The van der Waals surface area contributed by atoms with Gasteiger partial charge < -0.3 is 5.73 Å². The Kier molecular flexibility index (Phi) is 6.87. The molecule has 4 aromatic rings. The van der Waals surface area contributed by atoms with Crippen LogP contribution >= 0.6 is 23.5 Å². The fourth-order valence-corrected chi connectivity index (χ4v) is 6.21. The normalized spacial score (nSPS) is 11.7. The van der Waals surface area contributed by atoms with Crippen LogP contribution in [-0.2, 0) is 4.79 Å². The Hall–Kier alpha value is -4.24. The van der Waals surface area contributed by atoms with E-state index in [1.807, 2.05) is 79.7 Å². The van der Waals surface area contributed by atoms with Gasteiger partial charge in [0, 0.05) is 27.5 Å². The number of nitrogens with two attached hydrogens (primary N) is 1. The molecule has 0 atom stereocenters. The number of nitrogens with zero attached hydrogens (tertiary/aromatic N) is 4. The van der Waals surface area contributed by atoms with Crippen molar-refractivity contribution in [3.63, 3.8) is 0 Å². The van der Waals surface area contributed by atoms with Gasteiger partial charge >= 0.3 is 0 Å². The highest BCUT2D eigenvalue weighted by molar-refractivity contribution is 7.99. The van der Waals surface area contributed by atoms with Gasteiger partial charge in [-0.05, 0) is 36.8 Å². The topological polar surface area (TPSA) is 107 Å². The zero-order chi connectivity index (χ0) is 25.9. The van der Waals surface area contributed by atoms with Crippen LogP contribution in [0.15, 0.2) is 87.6 Å². The summed E-state index contributed by atoms with van der Waals surface area (Å²) in [7, 11) is 0. The van der Waals surface area contributed by atoms with Gasteiger partial charge in [0.05, 0.1) is 16.9 Å². The van der Waals surface area contributed by atoms with Crippen molar-refractivity contribution >= 4 is 46.6 Å². The minimum Gasteiger partial charge on any atom is -0.383 e. The number of benzene rings is 3.